The van der Waals surface area contributed by atoms with E-state index in [2.05, 4.69) is 13.5 Å². The maximum atomic E-state index is 6.74. The fourth-order valence-electron chi connectivity index (χ4n) is 1.25. The summed E-state index contributed by atoms with van der Waals surface area (Å²) in [5.74, 6) is 0. The van der Waals surface area contributed by atoms with Crippen molar-refractivity contribution in [3.63, 3.8) is 0 Å². The molecule has 1 N–H and O–H groups in total. The topological polar surface area (TPSA) is 42.3 Å². The predicted molar refractivity (Wildman–Crippen MR) is 73.7 cm³/mol. The number of nitrogens with one attached hydrogen (secondary N) is 1. The van der Waals surface area contributed by atoms with E-state index in [1.165, 1.54) is 0 Å². The smallest absolute Gasteiger partial charge is 0.334 e. The standard InChI is InChI=1S/C8H20O2Si.C4H9N/c1-5-8-11(4,9-6-2)10-7-3;1-3-4(2)5/h5-8H2,1-4H3;5H,3H2,1-2H3. The summed E-state index contributed by atoms with van der Waals surface area (Å²) in [5, 5.41) is 6.74. The van der Waals surface area contributed by atoms with E-state index in [0.29, 0.717) is 0 Å². The third-order valence-corrected chi connectivity index (χ3v) is 5.34. The van der Waals surface area contributed by atoms with Gasteiger partial charge >= 0.3 is 8.56 Å². The minimum atomic E-state index is -1.75. The van der Waals surface area contributed by atoms with E-state index >= 15 is 0 Å². The quantitative estimate of drug-likeness (QED) is 0.546. The molecule has 0 spiro atoms. The molecule has 0 fully saturated rings. The zero-order valence-electron chi connectivity index (χ0n) is 11.9. The Morgan fingerprint density at radius 1 is 1.06 bits per heavy atom. The van der Waals surface area contributed by atoms with Gasteiger partial charge in [-0.25, -0.2) is 0 Å². The van der Waals surface area contributed by atoms with Gasteiger partial charge < -0.3 is 14.3 Å². The normalized spacial score (nSPS) is 10.6. The van der Waals surface area contributed by atoms with Crippen LogP contribution in [0.4, 0.5) is 0 Å². The van der Waals surface area contributed by atoms with Gasteiger partial charge in [-0.15, -0.1) is 0 Å². The Morgan fingerprint density at radius 2 is 1.44 bits per heavy atom. The molecule has 0 aliphatic carbocycles. The molecule has 0 amide bonds. The SMILES string of the molecule is CCC(C)=N.CCC[Si](C)(OCC)OCC. The lowest BCUT2D eigenvalue weighted by Gasteiger charge is -2.25. The predicted octanol–water partition coefficient (Wildman–Crippen LogP) is 3.98. The van der Waals surface area contributed by atoms with Crippen molar-refractivity contribution in [2.45, 2.75) is 60.1 Å². The molecule has 98 valence electrons. The van der Waals surface area contributed by atoms with Crippen LogP contribution in [0.2, 0.25) is 12.6 Å². The third-order valence-electron chi connectivity index (χ3n) is 2.13. The summed E-state index contributed by atoms with van der Waals surface area (Å²) in [6.45, 7) is 13.7. The van der Waals surface area contributed by atoms with Gasteiger partial charge in [-0.1, -0.05) is 20.3 Å². The summed E-state index contributed by atoms with van der Waals surface area (Å²) in [5.41, 5.74) is 0.755. The van der Waals surface area contributed by atoms with Crippen molar-refractivity contribution in [3.05, 3.63) is 0 Å². The first-order valence-electron chi connectivity index (χ1n) is 6.27. The van der Waals surface area contributed by atoms with Crippen LogP contribution in [0.3, 0.4) is 0 Å². The average molecular weight is 247 g/mol. The fourth-order valence-corrected chi connectivity index (χ4v) is 3.75. The highest BCUT2D eigenvalue weighted by atomic mass is 28.4. The average Bonchev–Trinajstić information content (AvgIpc) is 2.19. The molecule has 0 aromatic carbocycles. The minimum Gasteiger partial charge on any atom is -0.395 e. The van der Waals surface area contributed by atoms with Crippen LogP contribution >= 0.6 is 0 Å². The van der Waals surface area contributed by atoms with E-state index in [4.69, 9.17) is 14.3 Å². The minimum absolute atomic E-state index is 0.755. The lowest BCUT2D eigenvalue weighted by atomic mass is 10.3. The summed E-state index contributed by atoms with van der Waals surface area (Å²) in [6, 6.07) is 1.11. The lowest BCUT2D eigenvalue weighted by molar-refractivity contribution is 0.189. The van der Waals surface area contributed by atoms with Gasteiger partial charge in [-0.2, -0.15) is 0 Å². The molecule has 0 radical (unpaired) electrons. The van der Waals surface area contributed by atoms with Crippen LogP contribution in [0, 0.1) is 5.41 Å². The summed E-state index contributed by atoms with van der Waals surface area (Å²) in [4.78, 5) is 0. The van der Waals surface area contributed by atoms with E-state index in [-0.39, 0.29) is 0 Å². The largest absolute Gasteiger partial charge is 0.395 e. The van der Waals surface area contributed by atoms with Crippen molar-refractivity contribution < 1.29 is 8.85 Å². The summed E-state index contributed by atoms with van der Waals surface area (Å²) < 4.78 is 11.3. The first kappa shape index (κ1) is 18.2. The van der Waals surface area contributed by atoms with Crippen molar-refractivity contribution in [2.75, 3.05) is 13.2 Å². The number of rotatable bonds is 7. The van der Waals surface area contributed by atoms with Gasteiger partial charge in [0.25, 0.3) is 0 Å². The van der Waals surface area contributed by atoms with Gasteiger partial charge in [0.2, 0.25) is 0 Å². The van der Waals surface area contributed by atoms with E-state index in [0.717, 1.165) is 37.8 Å². The molecule has 0 atom stereocenters. The second-order valence-corrected chi connectivity index (χ2v) is 7.23. The maximum Gasteiger partial charge on any atom is 0.334 e. The molecule has 0 unspecified atom stereocenters. The Kier molecular flexibility index (Phi) is 12.8. The van der Waals surface area contributed by atoms with Crippen molar-refractivity contribution in [1.29, 1.82) is 5.41 Å². The Labute approximate surface area is 102 Å². The van der Waals surface area contributed by atoms with Gasteiger partial charge in [0.1, 0.15) is 0 Å². The van der Waals surface area contributed by atoms with Crippen LogP contribution in [0.25, 0.3) is 0 Å². The highest BCUT2D eigenvalue weighted by molar-refractivity contribution is 6.66. The Bertz CT molecular complexity index is 157. The van der Waals surface area contributed by atoms with Gasteiger partial charge in [0.15, 0.2) is 0 Å². The summed E-state index contributed by atoms with van der Waals surface area (Å²) >= 11 is 0. The molecule has 0 saturated heterocycles. The fraction of sp³-hybridized carbons (Fsp3) is 0.917. The van der Waals surface area contributed by atoms with Crippen molar-refractivity contribution >= 4 is 14.3 Å². The molecule has 0 heterocycles. The molecule has 0 aromatic heterocycles. The van der Waals surface area contributed by atoms with Crippen LogP contribution in [0.5, 0.6) is 0 Å². The van der Waals surface area contributed by atoms with Crippen molar-refractivity contribution in [2.24, 2.45) is 0 Å². The van der Waals surface area contributed by atoms with E-state index in [9.17, 15) is 0 Å². The Balaban J connectivity index is 0. The molecule has 4 heteroatoms. The van der Waals surface area contributed by atoms with Crippen LogP contribution in [-0.4, -0.2) is 27.5 Å². The second-order valence-electron chi connectivity index (χ2n) is 3.88. The van der Waals surface area contributed by atoms with E-state index in [1.807, 2.05) is 20.8 Å². The van der Waals surface area contributed by atoms with Gasteiger partial charge in [0.05, 0.1) is 0 Å². The molecule has 0 saturated carbocycles. The van der Waals surface area contributed by atoms with Gasteiger partial charge in [-0.3, -0.25) is 0 Å². The molecule has 0 rings (SSSR count). The highest BCUT2D eigenvalue weighted by Gasteiger charge is 2.28. The first-order chi connectivity index (χ1) is 7.45. The molecule has 0 bridgehead atoms. The maximum absolute atomic E-state index is 6.74. The van der Waals surface area contributed by atoms with Gasteiger partial charge in [0, 0.05) is 18.9 Å². The molecule has 0 aromatic rings. The van der Waals surface area contributed by atoms with Crippen molar-refractivity contribution in [3.8, 4) is 0 Å². The zero-order chi connectivity index (χ0) is 13.0. The number of hydrogen-bond acceptors (Lipinski definition) is 3. The van der Waals surface area contributed by atoms with Gasteiger partial charge in [-0.05, 0) is 39.8 Å². The molecular weight excluding hydrogens is 218 g/mol. The summed E-state index contributed by atoms with van der Waals surface area (Å²) in [7, 11) is -1.75. The summed E-state index contributed by atoms with van der Waals surface area (Å²) in [6.07, 6.45) is 2.04. The first-order valence-corrected chi connectivity index (χ1v) is 8.79. The molecule has 0 aliphatic heterocycles. The van der Waals surface area contributed by atoms with Crippen LogP contribution in [-0.2, 0) is 8.85 Å². The lowest BCUT2D eigenvalue weighted by Crippen LogP contribution is -2.38. The Hall–Kier alpha value is -0.193. The van der Waals surface area contributed by atoms with Crippen LogP contribution in [0.15, 0.2) is 0 Å². The third kappa shape index (κ3) is 11.9. The number of hydrogen-bond donors (Lipinski definition) is 1. The molecule has 3 nitrogen and oxygen atoms in total. The van der Waals surface area contributed by atoms with Crippen molar-refractivity contribution in [1.82, 2.24) is 0 Å². The Morgan fingerprint density at radius 3 is 1.62 bits per heavy atom. The molecule has 0 aliphatic rings. The molecular formula is C12H29NO2Si. The zero-order valence-corrected chi connectivity index (χ0v) is 12.9. The monoisotopic (exact) mass is 247 g/mol. The van der Waals surface area contributed by atoms with Crippen LogP contribution < -0.4 is 0 Å². The molecule has 16 heavy (non-hydrogen) atoms. The highest BCUT2D eigenvalue weighted by Crippen LogP contribution is 2.14. The second kappa shape index (κ2) is 11.3. The van der Waals surface area contributed by atoms with E-state index < -0.39 is 8.56 Å². The van der Waals surface area contributed by atoms with Crippen LogP contribution in [0.1, 0.15) is 47.5 Å². The van der Waals surface area contributed by atoms with E-state index in [1.54, 1.807) is 6.92 Å².